The Hall–Kier alpha value is -2.98. The Morgan fingerprint density at radius 3 is 2.73 bits per heavy atom. The summed E-state index contributed by atoms with van der Waals surface area (Å²) in [4.78, 5) is 27.7. The molecule has 4 rings (SSSR count). The van der Waals surface area contributed by atoms with Crippen LogP contribution in [0, 0.1) is 0 Å². The quantitative estimate of drug-likeness (QED) is 0.604. The van der Waals surface area contributed by atoms with Crippen molar-refractivity contribution in [3.8, 4) is 10.6 Å². The largest absolute Gasteiger partial charge is 0.490 e. The van der Waals surface area contributed by atoms with Gasteiger partial charge in [-0.2, -0.15) is 13.2 Å². The van der Waals surface area contributed by atoms with Crippen LogP contribution in [-0.4, -0.2) is 29.6 Å². The summed E-state index contributed by atoms with van der Waals surface area (Å²) in [5, 5.41) is 6.15. The van der Waals surface area contributed by atoms with Gasteiger partial charge in [-0.25, -0.2) is 9.78 Å². The number of para-hydroxylation sites is 1. The lowest BCUT2D eigenvalue weighted by molar-refractivity contribution is -0.207. The Morgan fingerprint density at radius 2 is 2.03 bits per heavy atom. The van der Waals surface area contributed by atoms with E-state index in [1.807, 2.05) is 24.3 Å². The number of rotatable bonds is 3. The number of hydrogen-bond donors (Lipinski definition) is 2. The van der Waals surface area contributed by atoms with Gasteiger partial charge in [0, 0.05) is 24.6 Å². The molecule has 2 heterocycles. The molecule has 2 N–H and O–H groups in total. The zero-order chi connectivity index (χ0) is 21.5. The maximum Gasteiger partial charge on any atom is 0.490 e. The predicted molar refractivity (Wildman–Crippen MR) is 106 cm³/mol. The van der Waals surface area contributed by atoms with Gasteiger partial charge in [0.1, 0.15) is 5.01 Å². The number of anilines is 1. The number of amides is 1. The molecule has 3 aromatic rings. The lowest BCUT2D eigenvalue weighted by atomic mass is 9.95. The summed E-state index contributed by atoms with van der Waals surface area (Å²) < 4.78 is 43.7. The number of benzene rings is 2. The van der Waals surface area contributed by atoms with E-state index in [-0.39, 0.29) is 5.91 Å². The number of aromatic nitrogens is 1. The summed E-state index contributed by atoms with van der Waals surface area (Å²) in [5.41, 5.74) is 2.90. The minimum absolute atomic E-state index is 0.286. The van der Waals surface area contributed by atoms with E-state index in [0.29, 0.717) is 40.4 Å². The zero-order valence-corrected chi connectivity index (χ0v) is 16.5. The Labute approximate surface area is 173 Å². The third kappa shape index (κ3) is 4.01. The van der Waals surface area contributed by atoms with Gasteiger partial charge in [0.15, 0.2) is 6.23 Å². The van der Waals surface area contributed by atoms with Crippen LogP contribution in [0.1, 0.15) is 24.3 Å². The van der Waals surface area contributed by atoms with E-state index in [0.717, 1.165) is 10.2 Å². The van der Waals surface area contributed by atoms with Gasteiger partial charge in [-0.3, -0.25) is 10.1 Å². The predicted octanol–water partition coefficient (Wildman–Crippen LogP) is 4.17. The van der Waals surface area contributed by atoms with Crippen LogP contribution in [-0.2, 0) is 20.7 Å². The monoisotopic (exact) mass is 435 g/mol. The highest BCUT2D eigenvalue weighted by atomic mass is 32.1. The maximum atomic E-state index is 12.7. The zero-order valence-electron chi connectivity index (χ0n) is 15.7. The molecule has 1 unspecified atom stereocenters. The summed E-state index contributed by atoms with van der Waals surface area (Å²) in [7, 11) is 0. The summed E-state index contributed by atoms with van der Waals surface area (Å²) in [6, 6.07) is 10.8. The van der Waals surface area contributed by atoms with Crippen LogP contribution in [0.3, 0.4) is 0 Å². The molecule has 30 heavy (non-hydrogen) atoms. The Morgan fingerprint density at radius 1 is 1.27 bits per heavy atom. The highest BCUT2D eigenvalue weighted by Crippen LogP contribution is 2.39. The van der Waals surface area contributed by atoms with Crippen molar-refractivity contribution in [3.63, 3.8) is 0 Å². The van der Waals surface area contributed by atoms with Crippen molar-refractivity contribution >= 4 is 39.1 Å². The van der Waals surface area contributed by atoms with Crippen LogP contribution in [0.4, 0.5) is 18.9 Å². The molecular formula is C20H16F3N3O3S. The van der Waals surface area contributed by atoms with Crippen molar-refractivity contribution in [1.29, 1.82) is 0 Å². The first-order valence-electron chi connectivity index (χ1n) is 9.04. The fourth-order valence-corrected chi connectivity index (χ4v) is 4.30. The summed E-state index contributed by atoms with van der Waals surface area (Å²) in [6.07, 6.45) is -5.84. The number of fused-ring (bicyclic) bond motifs is 2. The number of esters is 1. The van der Waals surface area contributed by atoms with Crippen molar-refractivity contribution in [2.45, 2.75) is 25.7 Å². The van der Waals surface area contributed by atoms with Crippen molar-refractivity contribution in [3.05, 3.63) is 47.5 Å². The van der Waals surface area contributed by atoms with Gasteiger partial charge in [-0.1, -0.05) is 12.1 Å². The first-order valence-corrected chi connectivity index (χ1v) is 9.85. The summed E-state index contributed by atoms with van der Waals surface area (Å²) in [6.45, 7) is 1.69. The number of ether oxygens (including phenoxy) is 1. The van der Waals surface area contributed by atoms with Gasteiger partial charge < -0.3 is 10.1 Å². The van der Waals surface area contributed by atoms with Gasteiger partial charge in [-0.05, 0) is 36.2 Å². The fraction of sp³-hybridized carbons (Fsp3) is 0.250. The molecule has 10 heteroatoms. The van der Waals surface area contributed by atoms with Crippen LogP contribution >= 0.6 is 11.3 Å². The lowest BCUT2D eigenvalue weighted by Crippen LogP contribution is -2.37. The smallest absolute Gasteiger partial charge is 0.436 e. The second-order valence-corrected chi connectivity index (χ2v) is 7.78. The maximum absolute atomic E-state index is 12.7. The number of halogens is 3. The minimum atomic E-state index is -5.09. The second-order valence-electron chi connectivity index (χ2n) is 6.75. The molecule has 1 amide bonds. The molecule has 0 aliphatic carbocycles. The number of nitrogens with one attached hydrogen (secondary N) is 2. The molecule has 2 aromatic carbocycles. The van der Waals surface area contributed by atoms with Crippen LogP contribution in [0.2, 0.25) is 0 Å². The van der Waals surface area contributed by atoms with E-state index in [4.69, 9.17) is 0 Å². The molecule has 0 radical (unpaired) electrons. The molecule has 6 nitrogen and oxygen atoms in total. The number of thiazole rings is 1. The van der Waals surface area contributed by atoms with Crippen LogP contribution in [0.25, 0.3) is 20.8 Å². The van der Waals surface area contributed by atoms with Gasteiger partial charge in [-0.15, -0.1) is 11.3 Å². The Kier molecular flexibility index (Phi) is 5.20. The first kappa shape index (κ1) is 20.3. The molecular weight excluding hydrogens is 419 g/mol. The lowest BCUT2D eigenvalue weighted by Gasteiger charge is -2.28. The van der Waals surface area contributed by atoms with Crippen LogP contribution in [0.15, 0.2) is 36.4 Å². The first-order chi connectivity index (χ1) is 14.2. The van der Waals surface area contributed by atoms with E-state index >= 15 is 0 Å². The highest BCUT2D eigenvalue weighted by molar-refractivity contribution is 7.21. The van der Waals surface area contributed by atoms with Crippen LogP contribution < -0.4 is 10.6 Å². The fourth-order valence-electron chi connectivity index (χ4n) is 3.31. The van der Waals surface area contributed by atoms with E-state index < -0.39 is 18.4 Å². The highest BCUT2D eigenvalue weighted by Gasteiger charge is 2.43. The summed E-state index contributed by atoms with van der Waals surface area (Å²) in [5.74, 6) is -2.55. The average Bonchev–Trinajstić information content (AvgIpc) is 3.10. The topological polar surface area (TPSA) is 80.3 Å². The number of carbonyl (C=O) groups is 2. The van der Waals surface area contributed by atoms with Gasteiger partial charge in [0.05, 0.1) is 15.9 Å². The number of hydrogen-bond acceptors (Lipinski definition) is 6. The molecule has 1 atom stereocenters. The molecule has 156 valence electrons. The van der Waals surface area contributed by atoms with E-state index in [1.165, 1.54) is 18.3 Å². The number of nitrogens with zero attached hydrogens (tertiary/aromatic N) is 1. The minimum Gasteiger partial charge on any atom is -0.436 e. The second kappa shape index (κ2) is 7.69. The summed E-state index contributed by atoms with van der Waals surface area (Å²) >= 11 is 1.39. The standard InChI is InChI=1S/C20H16F3N3O3S/c1-10(27)25-15-8-11-6-7-24-17(29-19(28)20(21,22)23)12(11)9-13(15)18-26-14-4-2-3-5-16(14)30-18/h2-5,8-9,17,24H,6-7H2,1H3,(H,25,27). The third-order valence-electron chi connectivity index (χ3n) is 4.58. The van der Waals surface area contributed by atoms with Gasteiger partial charge in [0.2, 0.25) is 5.91 Å². The van der Waals surface area contributed by atoms with Crippen molar-refractivity contribution in [2.24, 2.45) is 0 Å². The molecule has 0 saturated heterocycles. The van der Waals surface area contributed by atoms with E-state index in [1.54, 1.807) is 12.1 Å². The third-order valence-corrected chi connectivity index (χ3v) is 5.65. The molecule has 0 saturated carbocycles. The molecule has 0 spiro atoms. The molecule has 1 aromatic heterocycles. The average molecular weight is 435 g/mol. The molecule has 1 aliphatic rings. The van der Waals surface area contributed by atoms with E-state index in [9.17, 15) is 22.8 Å². The SMILES string of the molecule is CC(=O)Nc1cc2c(cc1-c1nc3ccccc3s1)C(OC(=O)C(F)(F)F)NCC2. The van der Waals surface area contributed by atoms with Crippen molar-refractivity contribution in [1.82, 2.24) is 10.3 Å². The van der Waals surface area contributed by atoms with Crippen molar-refractivity contribution in [2.75, 3.05) is 11.9 Å². The Bertz CT molecular complexity index is 1110. The number of carbonyl (C=O) groups excluding carboxylic acids is 2. The van der Waals surface area contributed by atoms with Gasteiger partial charge in [0.25, 0.3) is 0 Å². The number of alkyl halides is 3. The molecule has 0 bridgehead atoms. The molecule has 0 fully saturated rings. The van der Waals surface area contributed by atoms with Gasteiger partial charge >= 0.3 is 12.1 Å². The Balaban J connectivity index is 1.81. The molecule has 1 aliphatic heterocycles. The van der Waals surface area contributed by atoms with E-state index in [2.05, 4.69) is 20.4 Å². The van der Waals surface area contributed by atoms with Crippen LogP contribution in [0.5, 0.6) is 0 Å². The normalized spacial score (nSPS) is 16.2. The van der Waals surface area contributed by atoms with Crippen molar-refractivity contribution < 1.29 is 27.5 Å².